The lowest BCUT2D eigenvalue weighted by molar-refractivity contribution is 0.300. The summed E-state index contributed by atoms with van der Waals surface area (Å²) in [5.41, 5.74) is 2.18. The van der Waals surface area contributed by atoms with E-state index >= 15 is 0 Å². The van der Waals surface area contributed by atoms with Gasteiger partial charge in [0.1, 0.15) is 5.82 Å². The number of rotatable bonds is 10. The van der Waals surface area contributed by atoms with Gasteiger partial charge in [0.25, 0.3) is 0 Å². The molecule has 0 fully saturated rings. The Hall–Kier alpha value is -1.13. The summed E-state index contributed by atoms with van der Waals surface area (Å²) in [4.78, 5) is 4.78. The SMILES string of the molecule is CCN(CC)CCCN(CC)c1ccc(F)cc1CNC. The average Bonchev–Trinajstić information content (AvgIpc) is 2.49. The van der Waals surface area contributed by atoms with Crippen LogP contribution in [-0.2, 0) is 6.54 Å². The molecule has 120 valence electrons. The van der Waals surface area contributed by atoms with Crippen LogP contribution in [0.5, 0.6) is 0 Å². The number of hydrogen-bond donors (Lipinski definition) is 1. The van der Waals surface area contributed by atoms with Gasteiger partial charge in [-0.3, -0.25) is 0 Å². The highest BCUT2D eigenvalue weighted by Crippen LogP contribution is 2.22. The minimum absolute atomic E-state index is 0.164. The third-order valence-corrected chi connectivity index (χ3v) is 3.93. The number of benzene rings is 1. The molecular weight excluding hydrogens is 265 g/mol. The molecule has 0 bridgehead atoms. The second-order valence-corrected chi connectivity index (χ2v) is 5.26. The Morgan fingerprint density at radius 3 is 2.33 bits per heavy atom. The molecule has 1 aromatic carbocycles. The molecular formula is C17H30FN3. The Morgan fingerprint density at radius 2 is 1.76 bits per heavy atom. The van der Waals surface area contributed by atoms with Crippen LogP contribution < -0.4 is 10.2 Å². The van der Waals surface area contributed by atoms with E-state index < -0.39 is 0 Å². The largest absolute Gasteiger partial charge is 0.372 e. The summed E-state index contributed by atoms with van der Waals surface area (Å²) in [7, 11) is 1.89. The highest BCUT2D eigenvalue weighted by molar-refractivity contribution is 5.53. The van der Waals surface area contributed by atoms with Crippen LogP contribution in [0.2, 0.25) is 0 Å². The summed E-state index contributed by atoms with van der Waals surface area (Å²) in [5, 5.41) is 3.12. The minimum atomic E-state index is -0.164. The van der Waals surface area contributed by atoms with Crippen molar-refractivity contribution in [2.75, 3.05) is 44.7 Å². The Labute approximate surface area is 129 Å². The molecule has 0 saturated carbocycles. The first kappa shape index (κ1) is 17.9. The maximum atomic E-state index is 13.4. The van der Waals surface area contributed by atoms with E-state index in [0.717, 1.165) is 50.4 Å². The normalized spacial score (nSPS) is 11.1. The molecule has 3 nitrogen and oxygen atoms in total. The van der Waals surface area contributed by atoms with Crippen molar-refractivity contribution in [3.05, 3.63) is 29.6 Å². The van der Waals surface area contributed by atoms with Gasteiger partial charge in [-0.1, -0.05) is 13.8 Å². The van der Waals surface area contributed by atoms with Crippen LogP contribution in [0.15, 0.2) is 18.2 Å². The third-order valence-electron chi connectivity index (χ3n) is 3.93. The molecule has 0 aliphatic heterocycles. The summed E-state index contributed by atoms with van der Waals surface area (Å²) in [6.45, 7) is 12.5. The van der Waals surface area contributed by atoms with Crippen LogP contribution in [0.4, 0.5) is 10.1 Å². The lowest BCUT2D eigenvalue weighted by Gasteiger charge is -2.27. The van der Waals surface area contributed by atoms with Crippen LogP contribution in [0.3, 0.4) is 0 Å². The van der Waals surface area contributed by atoms with Crippen molar-refractivity contribution in [1.82, 2.24) is 10.2 Å². The van der Waals surface area contributed by atoms with E-state index in [-0.39, 0.29) is 5.82 Å². The number of halogens is 1. The van der Waals surface area contributed by atoms with Crippen molar-refractivity contribution in [2.45, 2.75) is 33.7 Å². The third kappa shape index (κ3) is 5.64. The average molecular weight is 295 g/mol. The standard InChI is InChI=1S/C17H30FN3/c1-5-20(6-2)11-8-12-21(7-3)17-10-9-16(18)13-15(17)14-19-4/h9-10,13,19H,5-8,11-12,14H2,1-4H3. The molecule has 1 N–H and O–H groups in total. The number of nitrogens with zero attached hydrogens (tertiary/aromatic N) is 2. The molecule has 0 aliphatic carbocycles. The Morgan fingerprint density at radius 1 is 1.05 bits per heavy atom. The second-order valence-electron chi connectivity index (χ2n) is 5.26. The number of anilines is 1. The molecule has 4 heteroatoms. The molecule has 0 radical (unpaired) electrons. The second kappa shape index (κ2) is 9.74. The van der Waals surface area contributed by atoms with Crippen molar-refractivity contribution in [1.29, 1.82) is 0 Å². The lowest BCUT2D eigenvalue weighted by Crippen LogP contribution is -2.30. The van der Waals surface area contributed by atoms with E-state index in [1.54, 1.807) is 12.1 Å². The van der Waals surface area contributed by atoms with Crippen LogP contribution in [0.1, 0.15) is 32.8 Å². The van der Waals surface area contributed by atoms with Crippen LogP contribution in [0.25, 0.3) is 0 Å². The van der Waals surface area contributed by atoms with Crippen LogP contribution in [-0.4, -0.2) is 44.7 Å². The lowest BCUT2D eigenvalue weighted by atomic mass is 10.1. The summed E-state index contributed by atoms with van der Waals surface area (Å²) in [5.74, 6) is -0.164. The summed E-state index contributed by atoms with van der Waals surface area (Å²) >= 11 is 0. The zero-order valence-electron chi connectivity index (χ0n) is 14.0. The van der Waals surface area contributed by atoms with Crippen molar-refractivity contribution >= 4 is 5.69 Å². The molecule has 1 rings (SSSR count). The molecule has 0 heterocycles. The first-order valence-electron chi connectivity index (χ1n) is 8.06. The smallest absolute Gasteiger partial charge is 0.123 e. The van der Waals surface area contributed by atoms with E-state index in [1.807, 2.05) is 13.1 Å². The van der Waals surface area contributed by atoms with Gasteiger partial charge in [-0.25, -0.2) is 4.39 Å². The maximum absolute atomic E-state index is 13.4. The topological polar surface area (TPSA) is 18.5 Å². The van der Waals surface area contributed by atoms with Gasteiger partial charge in [-0.15, -0.1) is 0 Å². The predicted molar refractivity (Wildman–Crippen MR) is 89.5 cm³/mol. The summed E-state index contributed by atoms with van der Waals surface area (Å²) in [6, 6.07) is 5.10. The first-order chi connectivity index (χ1) is 10.2. The fourth-order valence-corrected chi connectivity index (χ4v) is 2.67. The van der Waals surface area contributed by atoms with E-state index in [2.05, 4.69) is 35.9 Å². The number of hydrogen-bond acceptors (Lipinski definition) is 3. The van der Waals surface area contributed by atoms with E-state index in [1.165, 1.54) is 0 Å². The van der Waals surface area contributed by atoms with Crippen molar-refractivity contribution in [3.63, 3.8) is 0 Å². The van der Waals surface area contributed by atoms with Gasteiger partial charge in [0.15, 0.2) is 0 Å². The van der Waals surface area contributed by atoms with E-state index in [0.29, 0.717) is 6.54 Å². The minimum Gasteiger partial charge on any atom is -0.372 e. The summed E-state index contributed by atoms with van der Waals surface area (Å²) < 4.78 is 13.4. The van der Waals surface area contributed by atoms with E-state index in [9.17, 15) is 4.39 Å². The molecule has 0 unspecified atom stereocenters. The molecule has 0 amide bonds. The molecule has 1 aromatic rings. The molecule has 0 aliphatic rings. The number of nitrogens with one attached hydrogen (secondary N) is 1. The molecule has 0 aromatic heterocycles. The van der Waals surface area contributed by atoms with Gasteiger partial charge in [-0.05, 0) is 63.8 Å². The maximum Gasteiger partial charge on any atom is 0.123 e. The van der Waals surface area contributed by atoms with Crippen LogP contribution >= 0.6 is 0 Å². The van der Waals surface area contributed by atoms with Gasteiger partial charge in [-0.2, -0.15) is 0 Å². The molecule has 0 spiro atoms. The molecule has 0 saturated heterocycles. The first-order valence-corrected chi connectivity index (χ1v) is 8.06. The van der Waals surface area contributed by atoms with E-state index in [4.69, 9.17) is 0 Å². The summed E-state index contributed by atoms with van der Waals surface area (Å²) in [6.07, 6.45) is 1.13. The van der Waals surface area contributed by atoms with Crippen molar-refractivity contribution in [3.8, 4) is 0 Å². The van der Waals surface area contributed by atoms with Gasteiger partial charge in [0.2, 0.25) is 0 Å². The molecule has 0 atom stereocenters. The van der Waals surface area contributed by atoms with Crippen LogP contribution in [0, 0.1) is 5.82 Å². The fraction of sp³-hybridized carbons (Fsp3) is 0.647. The van der Waals surface area contributed by atoms with Gasteiger partial charge < -0.3 is 15.1 Å². The fourth-order valence-electron chi connectivity index (χ4n) is 2.67. The monoisotopic (exact) mass is 295 g/mol. The zero-order valence-corrected chi connectivity index (χ0v) is 14.0. The Bertz CT molecular complexity index is 405. The Kier molecular flexibility index (Phi) is 8.31. The van der Waals surface area contributed by atoms with Crippen molar-refractivity contribution < 1.29 is 4.39 Å². The predicted octanol–water partition coefficient (Wildman–Crippen LogP) is 3.10. The van der Waals surface area contributed by atoms with Gasteiger partial charge >= 0.3 is 0 Å². The van der Waals surface area contributed by atoms with Gasteiger partial charge in [0.05, 0.1) is 0 Å². The molecule has 21 heavy (non-hydrogen) atoms. The van der Waals surface area contributed by atoms with Crippen molar-refractivity contribution in [2.24, 2.45) is 0 Å². The quantitative estimate of drug-likeness (QED) is 0.715. The highest BCUT2D eigenvalue weighted by Gasteiger charge is 2.11. The highest BCUT2D eigenvalue weighted by atomic mass is 19.1. The Balaban J connectivity index is 2.71. The zero-order chi connectivity index (χ0) is 15.7. The van der Waals surface area contributed by atoms with Gasteiger partial charge in [0, 0.05) is 25.3 Å².